The Labute approximate surface area is 164 Å². The molecule has 1 amide bonds. The number of anilines is 2. The Morgan fingerprint density at radius 1 is 1.21 bits per heavy atom. The van der Waals surface area contributed by atoms with Gasteiger partial charge in [-0.1, -0.05) is 0 Å². The molecule has 2 aliphatic rings. The summed E-state index contributed by atoms with van der Waals surface area (Å²) in [6.07, 6.45) is 3.45. The zero-order valence-corrected chi connectivity index (χ0v) is 16.3. The molecular weight excluding hydrogens is 356 g/mol. The fourth-order valence-corrected chi connectivity index (χ4v) is 3.91. The Balaban J connectivity index is 1.36. The summed E-state index contributed by atoms with van der Waals surface area (Å²) in [5.74, 6) is 1.36. The molecule has 0 saturated carbocycles. The van der Waals surface area contributed by atoms with Gasteiger partial charge in [0, 0.05) is 45.3 Å². The van der Waals surface area contributed by atoms with Crippen molar-refractivity contribution in [3.63, 3.8) is 0 Å². The third-order valence-corrected chi connectivity index (χ3v) is 5.57. The maximum absolute atomic E-state index is 12.5. The number of carbonyl (C=O) groups excluding carboxylic acids is 1. The van der Waals surface area contributed by atoms with Crippen molar-refractivity contribution in [3.05, 3.63) is 18.5 Å². The number of rotatable bonds is 4. The molecule has 0 spiro atoms. The smallest absolute Gasteiger partial charge is 0.234 e. The lowest BCUT2D eigenvalue weighted by atomic mass is 10.1. The molecule has 0 aromatic carbocycles. The first kappa shape index (κ1) is 18.8. The number of nitrogens with one attached hydrogen (secondary N) is 1. The van der Waals surface area contributed by atoms with Crippen molar-refractivity contribution in [1.29, 1.82) is 0 Å². The fourth-order valence-electron chi connectivity index (χ4n) is 3.91. The van der Waals surface area contributed by atoms with E-state index in [1.54, 1.807) is 0 Å². The quantitative estimate of drug-likeness (QED) is 0.756. The van der Waals surface area contributed by atoms with Gasteiger partial charge in [-0.3, -0.25) is 9.69 Å². The number of amides is 1. The molecule has 28 heavy (non-hydrogen) atoms. The Kier molecular flexibility index (Phi) is 5.54. The summed E-state index contributed by atoms with van der Waals surface area (Å²) in [6, 6.07) is 4.02. The lowest BCUT2D eigenvalue weighted by Crippen LogP contribution is -2.52. The number of piperidine rings is 1. The van der Waals surface area contributed by atoms with E-state index in [1.165, 1.54) is 6.33 Å². The molecule has 2 saturated heterocycles. The van der Waals surface area contributed by atoms with E-state index in [9.17, 15) is 4.79 Å². The molecule has 0 bridgehead atoms. The van der Waals surface area contributed by atoms with Gasteiger partial charge in [-0.15, -0.1) is 0 Å². The van der Waals surface area contributed by atoms with Gasteiger partial charge in [0.25, 0.3) is 0 Å². The van der Waals surface area contributed by atoms with E-state index in [1.807, 2.05) is 12.1 Å². The zero-order valence-electron chi connectivity index (χ0n) is 16.3. The highest BCUT2D eigenvalue weighted by Crippen LogP contribution is 2.22. The minimum Gasteiger partial charge on any atom is -0.382 e. The molecule has 1 atom stereocenters. The van der Waals surface area contributed by atoms with Gasteiger partial charge >= 0.3 is 0 Å². The monoisotopic (exact) mass is 384 g/mol. The minimum absolute atomic E-state index is 0.112. The molecule has 9 nitrogen and oxygen atoms in total. The number of aromatic nitrogens is 3. The van der Waals surface area contributed by atoms with E-state index in [0.717, 1.165) is 63.4 Å². The molecule has 2 aromatic heterocycles. The van der Waals surface area contributed by atoms with Crippen molar-refractivity contribution in [1.82, 2.24) is 30.1 Å². The highest BCUT2D eigenvalue weighted by atomic mass is 16.2. The van der Waals surface area contributed by atoms with Crippen molar-refractivity contribution in [2.24, 2.45) is 0 Å². The average Bonchev–Trinajstić information content (AvgIpc) is 2.70. The molecular formula is C19H28N8O. The van der Waals surface area contributed by atoms with Crippen LogP contribution in [0.1, 0.15) is 12.8 Å². The third kappa shape index (κ3) is 4.31. The van der Waals surface area contributed by atoms with Crippen molar-refractivity contribution >= 4 is 28.6 Å². The Hall–Kier alpha value is -2.52. The van der Waals surface area contributed by atoms with E-state index in [0.29, 0.717) is 17.9 Å². The molecule has 0 aliphatic carbocycles. The summed E-state index contributed by atoms with van der Waals surface area (Å²) < 4.78 is 0. The van der Waals surface area contributed by atoms with Gasteiger partial charge < -0.3 is 20.9 Å². The van der Waals surface area contributed by atoms with Gasteiger partial charge in [0.15, 0.2) is 5.82 Å². The van der Waals surface area contributed by atoms with E-state index in [-0.39, 0.29) is 11.9 Å². The number of fused-ring (bicyclic) bond motifs is 1. The van der Waals surface area contributed by atoms with Crippen LogP contribution in [-0.4, -0.2) is 89.6 Å². The van der Waals surface area contributed by atoms with Gasteiger partial charge in [-0.05, 0) is 32.0 Å². The van der Waals surface area contributed by atoms with Crippen LogP contribution in [0.25, 0.3) is 11.0 Å². The van der Waals surface area contributed by atoms with Crippen molar-refractivity contribution in [2.45, 2.75) is 18.9 Å². The van der Waals surface area contributed by atoms with E-state index in [2.05, 4.69) is 42.0 Å². The van der Waals surface area contributed by atoms with Gasteiger partial charge in [-0.2, -0.15) is 0 Å². The number of likely N-dealkylation sites (N-methyl/N-ethyl adjacent to an activating group) is 1. The summed E-state index contributed by atoms with van der Waals surface area (Å²) in [4.78, 5) is 32.1. The number of hydrogen-bond acceptors (Lipinski definition) is 8. The molecule has 150 valence electrons. The SMILES string of the molecule is CN1CCN(CC(=O)N[C@H]2CCCN(c3ccc4ncnc(N)c4n3)C2)CC1. The fraction of sp³-hybridized carbons (Fsp3) is 0.579. The van der Waals surface area contributed by atoms with Crippen molar-refractivity contribution < 1.29 is 4.79 Å². The maximum Gasteiger partial charge on any atom is 0.234 e. The second-order valence-electron chi connectivity index (χ2n) is 7.73. The highest BCUT2D eigenvalue weighted by Gasteiger charge is 2.24. The first-order valence-electron chi connectivity index (χ1n) is 9.91. The molecule has 9 heteroatoms. The normalized spacial score (nSPS) is 21.8. The predicted molar refractivity (Wildman–Crippen MR) is 109 cm³/mol. The topological polar surface area (TPSA) is 104 Å². The second kappa shape index (κ2) is 8.24. The number of hydrogen-bond donors (Lipinski definition) is 2. The maximum atomic E-state index is 12.5. The van der Waals surface area contributed by atoms with Gasteiger partial charge in [0.2, 0.25) is 5.91 Å². The zero-order chi connectivity index (χ0) is 19.5. The molecule has 2 aliphatic heterocycles. The Morgan fingerprint density at radius 2 is 2.04 bits per heavy atom. The third-order valence-electron chi connectivity index (χ3n) is 5.57. The van der Waals surface area contributed by atoms with Gasteiger partial charge in [0.1, 0.15) is 17.7 Å². The van der Waals surface area contributed by atoms with Crippen LogP contribution in [0, 0.1) is 0 Å². The van der Waals surface area contributed by atoms with Crippen molar-refractivity contribution in [3.8, 4) is 0 Å². The molecule has 0 radical (unpaired) electrons. The average molecular weight is 384 g/mol. The number of nitrogen functional groups attached to an aromatic ring is 1. The number of nitrogens with two attached hydrogens (primary N) is 1. The molecule has 2 aromatic rings. The van der Waals surface area contributed by atoms with Crippen LogP contribution in [0.4, 0.5) is 11.6 Å². The molecule has 3 N–H and O–H groups in total. The van der Waals surface area contributed by atoms with Crippen LogP contribution in [0.5, 0.6) is 0 Å². The highest BCUT2D eigenvalue weighted by molar-refractivity contribution is 5.85. The van der Waals surface area contributed by atoms with E-state index in [4.69, 9.17) is 5.73 Å². The summed E-state index contributed by atoms with van der Waals surface area (Å²) in [7, 11) is 2.12. The van der Waals surface area contributed by atoms with Crippen LogP contribution in [0.3, 0.4) is 0 Å². The van der Waals surface area contributed by atoms with Crippen molar-refractivity contribution in [2.75, 3.05) is 63.5 Å². The Bertz CT molecular complexity index is 836. The Morgan fingerprint density at radius 3 is 2.86 bits per heavy atom. The van der Waals surface area contributed by atoms with Crippen LogP contribution in [-0.2, 0) is 4.79 Å². The molecule has 0 unspecified atom stereocenters. The summed E-state index contributed by atoms with van der Waals surface area (Å²) in [5.41, 5.74) is 7.32. The molecule has 4 rings (SSSR count). The minimum atomic E-state index is 0.112. The van der Waals surface area contributed by atoms with Crippen LogP contribution < -0.4 is 16.0 Å². The lowest BCUT2D eigenvalue weighted by Gasteiger charge is -2.35. The van der Waals surface area contributed by atoms with Crippen LogP contribution in [0.2, 0.25) is 0 Å². The molecule has 4 heterocycles. The number of piperazine rings is 1. The first-order chi connectivity index (χ1) is 13.6. The summed E-state index contributed by atoms with van der Waals surface area (Å²) in [5, 5.41) is 3.21. The van der Waals surface area contributed by atoms with E-state index >= 15 is 0 Å². The summed E-state index contributed by atoms with van der Waals surface area (Å²) >= 11 is 0. The van der Waals surface area contributed by atoms with Crippen LogP contribution in [0.15, 0.2) is 18.5 Å². The van der Waals surface area contributed by atoms with Gasteiger partial charge in [0.05, 0.1) is 12.1 Å². The largest absolute Gasteiger partial charge is 0.382 e. The van der Waals surface area contributed by atoms with Gasteiger partial charge in [-0.25, -0.2) is 15.0 Å². The molecule has 2 fully saturated rings. The van der Waals surface area contributed by atoms with E-state index < -0.39 is 0 Å². The number of pyridine rings is 1. The number of nitrogens with zero attached hydrogens (tertiary/aromatic N) is 6. The predicted octanol–water partition coefficient (Wildman–Crippen LogP) is -0.0606. The first-order valence-corrected chi connectivity index (χ1v) is 9.91. The number of carbonyl (C=O) groups is 1. The second-order valence-corrected chi connectivity index (χ2v) is 7.73. The lowest BCUT2D eigenvalue weighted by molar-refractivity contribution is -0.123. The summed E-state index contributed by atoms with van der Waals surface area (Å²) in [6.45, 7) is 6.08. The van der Waals surface area contributed by atoms with Crippen LogP contribution >= 0.6 is 0 Å². The standard InChI is InChI=1S/C19H28N8O/c1-25-7-9-26(10-8-25)12-17(28)23-14-3-2-6-27(11-14)16-5-4-15-18(24-16)19(20)22-13-21-15/h4-5,13-14H,2-3,6-12H2,1H3,(H,23,28)(H2,20,21,22)/t14-/m0/s1.